The molecule has 1 nitrogen and oxygen atoms in total. The van der Waals surface area contributed by atoms with Gasteiger partial charge in [-0.15, -0.1) is 24.0 Å². The van der Waals surface area contributed by atoms with E-state index in [-0.39, 0.29) is 0 Å². The zero-order chi connectivity index (χ0) is 16.5. The second-order valence-corrected chi connectivity index (χ2v) is 7.39. The average molecular weight is 348 g/mol. The van der Waals surface area contributed by atoms with Crippen molar-refractivity contribution in [2.45, 2.75) is 4.21 Å². The number of fused-ring (bicyclic) bond motifs is 1. The molecule has 0 aliphatic rings. The first-order chi connectivity index (χ1) is 11.8. The molecule has 1 heterocycles. The van der Waals surface area contributed by atoms with Gasteiger partial charge in [-0.25, -0.2) is 0 Å². The van der Waals surface area contributed by atoms with Gasteiger partial charge >= 0.3 is 0 Å². The molecule has 24 heavy (non-hydrogen) atoms. The van der Waals surface area contributed by atoms with E-state index in [4.69, 9.17) is 17.4 Å². The predicted octanol–water partition coefficient (Wildman–Crippen LogP) is 6.53. The Labute approximate surface area is 151 Å². The van der Waals surface area contributed by atoms with Crippen LogP contribution in [0, 0.1) is 0 Å². The Morgan fingerprint density at radius 3 is 2.21 bits per heavy atom. The van der Waals surface area contributed by atoms with Gasteiger partial charge in [-0.2, -0.15) is 0 Å². The van der Waals surface area contributed by atoms with Crippen LogP contribution in [0.1, 0.15) is 0 Å². The van der Waals surface area contributed by atoms with Crippen molar-refractivity contribution in [2.75, 3.05) is 7.11 Å². The average Bonchev–Trinajstić information content (AvgIpc) is 2.97. The quantitative estimate of drug-likeness (QED) is 0.414. The van der Waals surface area contributed by atoms with Crippen LogP contribution in [0.5, 0.6) is 5.75 Å². The number of methoxy groups -OCH3 is 1. The third-order valence-corrected chi connectivity index (χ3v) is 5.63. The molecule has 1 aromatic heterocycles. The third-order valence-electron chi connectivity index (χ3n) is 4.16. The van der Waals surface area contributed by atoms with Gasteiger partial charge in [-0.3, -0.25) is 0 Å². The van der Waals surface area contributed by atoms with Crippen LogP contribution in [-0.2, 0) is 0 Å². The summed E-state index contributed by atoms with van der Waals surface area (Å²) in [5.74, 6) is 0.865. The number of thiol groups is 1. The van der Waals surface area contributed by atoms with Crippen LogP contribution in [-0.4, -0.2) is 7.11 Å². The van der Waals surface area contributed by atoms with E-state index in [2.05, 4.69) is 54.6 Å². The fourth-order valence-electron chi connectivity index (χ4n) is 2.93. The van der Waals surface area contributed by atoms with Crippen molar-refractivity contribution in [2.24, 2.45) is 0 Å². The maximum Gasteiger partial charge on any atom is 0.118 e. The summed E-state index contributed by atoms with van der Waals surface area (Å²) in [4.78, 5) is 0. The molecule has 0 radical (unpaired) electrons. The summed E-state index contributed by atoms with van der Waals surface area (Å²) in [6, 6.07) is 25.3. The molecule has 0 aliphatic carbocycles. The second kappa shape index (κ2) is 6.34. The Balaban J connectivity index is 1.89. The third kappa shape index (κ3) is 2.70. The molecule has 4 aromatic rings. The van der Waals surface area contributed by atoms with E-state index >= 15 is 0 Å². The highest BCUT2D eigenvalue weighted by atomic mass is 32.2. The fourth-order valence-corrected chi connectivity index (χ4v) is 4.42. The topological polar surface area (TPSA) is 9.23 Å². The lowest BCUT2D eigenvalue weighted by Gasteiger charge is -2.06. The van der Waals surface area contributed by atoms with Crippen molar-refractivity contribution in [3.63, 3.8) is 0 Å². The molecular formula is C21H16OS2. The molecule has 3 heteroatoms. The summed E-state index contributed by atoms with van der Waals surface area (Å²) >= 11 is 6.45. The van der Waals surface area contributed by atoms with E-state index in [0.29, 0.717) is 0 Å². The van der Waals surface area contributed by atoms with Crippen LogP contribution >= 0.6 is 24.0 Å². The zero-order valence-electron chi connectivity index (χ0n) is 13.2. The van der Waals surface area contributed by atoms with Gasteiger partial charge in [0.05, 0.1) is 11.3 Å². The van der Waals surface area contributed by atoms with E-state index in [1.165, 1.54) is 26.8 Å². The molecule has 4 rings (SSSR count). The first-order valence-corrected chi connectivity index (χ1v) is 8.98. The van der Waals surface area contributed by atoms with Crippen LogP contribution in [0.2, 0.25) is 0 Å². The van der Waals surface area contributed by atoms with Crippen molar-refractivity contribution in [3.05, 3.63) is 72.8 Å². The molecule has 0 bridgehead atoms. The van der Waals surface area contributed by atoms with Crippen molar-refractivity contribution < 1.29 is 4.74 Å². The minimum Gasteiger partial charge on any atom is -0.497 e. The number of hydrogen-bond donors (Lipinski definition) is 1. The van der Waals surface area contributed by atoms with E-state index in [9.17, 15) is 0 Å². The number of rotatable bonds is 3. The number of ether oxygens (including phenoxy) is 1. The van der Waals surface area contributed by atoms with Crippen LogP contribution in [0.25, 0.3) is 32.3 Å². The maximum absolute atomic E-state index is 5.26. The zero-order valence-corrected chi connectivity index (χ0v) is 14.9. The molecule has 0 amide bonds. The van der Waals surface area contributed by atoms with Crippen LogP contribution in [0.4, 0.5) is 0 Å². The molecule has 0 saturated carbocycles. The van der Waals surface area contributed by atoms with Crippen molar-refractivity contribution in [1.29, 1.82) is 0 Å². The Kier molecular flexibility index (Phi) is 4.05. The van der Waals surface area contributed by atoms with Crippen LogP contribution < -0.4 is 4.74 Å². The van der Waals surface area contributed by atoms with Gasteiger partial charge in [0.15, 0.2) is 0 Å². The highest BCUT2D eigenvalue weighted by Crippen LogP contribution is 2.42. The number of benzene rings is 3. The molecule has 0 N–H and O–H groups in total. The van der Waals surface area contributed by atoms with E-state index < -0.39 is 0 Å². The smallest absolute Gasteiger partial charge is 0.118 e. The van der Waals surface area contributed by atoms with Crippen molar-refractivity contribution in [3.8, 4) is 28.0 Å². The molecule has 0 atom stereocenters. The largest absolute Gasteiger partial charge is 0.497 e. The summed E-state index contributed by atoms with van der Waals surface area (Å²) in [7, 11) is 1.69. The Morgan fingerprint density at radius 1 is 0.792 bits per heavy atom. The Morgan fingerprint density at radius 2 is 1.50 bits per heavy atom. The van der Waals surface area contributed by atoms with E-state index in [1.54, 1.807) is 18.4 Å². The van der Waals surface area contributed by atoms with Gasteiger partial charge in [-0.05, 0) is 41.0 Å². The minimum atomic E-state index is 0.865. The second-order valence-electron chi connectivity index (χ2n) is 5.59. The first kappa shape index (κ1) is 15.3. The molecule has 118 valence electrons. The first-order valence-electron chi connectivity index (χ1n) is 7.71. The standard InChI is InChI=1S/C21H16OS2/c1-22-17-10-7-15(8-11-17)20-18-13-16(14-5-3-2-4-6-14)9-12-19(18)24-21(20)23/h2-13,23H,1H3. The summed E-state index contributed by atoms with van der Waals surface area (Å²) < 4.78 is 7.56. The van der Waals surface area contributed by atoms with E-state index in [0.717, 1.165) is 15.5 Å². The molecule has 0 spiro atoms. The summed E-state index contributed by atoms with van der Waals surface area (Å²) in [6.07, 6.45) is 0. The normalized spacial score (nSPS) is 10.9. The van der Waals surface area contributed by atoms with E-state index in [1.807, 2.05) is 18.2 Å². The van der Waals surface area contributed by atoms with Crippen LogP contribution in [0.3, 0.4) is 0 Å². The van der Waals surface area contributed by atoms with Gasteiger partial charge in [0.25, 0.3) is 0 Å². The number of hydrogen-bond acceptors (Lipinski definition) is 3. The summed E-state index contributed by atoms with van der Waals surface area (Å²) in [5, 5.41) is 1.25. The van der Waals surface area contributed by atoms with Gasteiger partial charge in [0, 0.05) is 15.6 Å². The van der Waals surface area contributed by atoms with Crippen molar-refractivity contribution in [1.82, 2.24) is 0 Å². The van der Waals surface area contributed by atoms with Gasteiger partial charge < -0.3 is 4.74 Å². The monoisotopic (exact) mass is 348 g/mol. The number of thiophene rings is 1. The lowest BCUT2D eigenvalue weighted by Crippen LogP contribution is -1.83. The van der Waals surface area contributed by atoms with Gasteiger partial charge in [0.2, 0.25) is 0 Å². The lowest BCUT2D eigenvalue weighted by molar-refractivity contribution is 0.415. The Hall–Kier alpha value is -2.23. The van der Waals surface area contributed by atoms with Gasteiger partial charge in [-0.1, -0.05) is 48.5 Å². The van der Waals surface area contributed by atoms with Crippen LogP contribution in [0.15, 0.2) is 77.0 Å². The molecule has 0 unspecified atom stereocenters. The highest BCUT2D eigenvalue weighted by molar-refractivity contribution is 7.83. The SMILES string of the molecule is COc1ccc(-c2c(S)sc3ccc(-c4ccccc4)cc23)cc1. The molecule has 3 aromatic carbocycles. The highest BCUT2D eigenvalue weighted by Gasteiger charge is 2.13. The maximum atomic E-state index is 5.26. The molecule has 0 saturated heterocycles. The fraction of sp³-hybridized carbons (Fsp3) is 0.0476. The van der Waals surface area contributed by atoms with Gasteiger partial charge in [0.1, 0.15) is 5.75 Å². The summed E-state index contributed by atoms with van der Waals surface area (Å²) in [6.45, 7) is 0. The summed E-state index contributed by atoms with van der Waals surface area (Å²) in [5.41, 5.74) is 4.81. The molecular weight excluding hydrogens is 332 g/mol. The lowest BCUT2D eigenvalue weighted by atomic mass is 10.00. The predicted molar refractivity (Wildman–Crippen MR) is 107 cm³/mol. The minimum absolute atomic E-state index is 0.865. The van der Waals surface area contributed by atoms with Crippen molar-refractivity contribution >= 4 is 34.1 Å². The molecule has 0 fully saturated rings. The Bertz CT molecular complexity index is 986. The molecule has 0 aliphatic heterocycles.